The lowest BCUT2D eigenvalue weighted by molar-refractivity contribution is 0.415. The van der Waals surface area contributed by atoms with E-state index in [1.165, 1.54) is 0 Å². The van der Waals surface area contributed by atoms with Crippen LogP contribution in [0.15, 0.2) is 18.2 Å². The predicted octanol–water partition coefficient (Wildman–Crippen LogP) is 2.78. The predicted molar refractivity (Wildman–Crippen MR) is 59.9 cm³/mol. The van der Waals surface area contributed by atoms with Gasteiger partial charge in [-0.25, -0.2) is 0 Å². The summed E-state index contributed by atoms with van der Waals surface area (Å²) in [7, 11) is 1.58. The molecule has 0 radical (unpaired) electrons. The molecule has 1 atom stereocenters. The summed E-state index contributed by atoms with van der Waals surface area (Å²) in [5.41, 5.74) is 0.900. The molecule has 0 heterocycles. The van der Waals surface area contributed by atoms with Crippen LogP contribution >= 0.6 is 11.6 Å². The molecule has 0 aliphatic rings. The Morgan fingerprint density at radius 3 is 2.86 bits per heavy atom. The Hall–Kier alpha value is -1.33. The van der Waals surface area contributed by atoms with E-state index in [4.69, 9.17) is 22.8 Å². The fraction of sp³-hybridized carbons (Fsp3) is 0.273. The second kappa shape index (κ2) is 4.78. The van der Waals surface area contributed by atoms with E-state index >= 15 is 0 Å². The van der Waals surface area contributed by atoms with Gasteiger partial charge in [0.25, 0.3) is 0 Å². The number of ether oxygens (including phenoxy) is 1. The molecule has 1 unspecified atom stereocenters. The van der Waals surface area contributed by atoms with Gasteiger partial charge in [0, 0.05) is 11.8 Å². The Labute approximate surface area is 89.2 Å². The van der Waals surface area contributed by atoms with Gasteiger partial charge in [0.2, 0.25) is 0 Å². The van der Waals surface area contributed by atoms with Crippen molar-refractivity contribution in [2.75, 3.05) is 12.4 Å². The maximum Gasteiger partial charge on any atom is 0.139 e. The van der Waals surface area contributed by atoms with Gasteiger partial charge in [0.05, 0.1) is 18.2 Å². The summed E-state index contributed by atoms with van der Waals surface area (Å²) in [5, 5.41) is 3.71. The molecule has 1 N–H and O–H groups in total. The molecular formula is C11H12ClNO. The van der Waals surface area contributed by atoms with Crippen LogP contribution in [0.4, 0.5) is 5.69 Å². The third-order valence-electron chi connectivity index (χ3n) is 1.78. The number of anilines is 1. The van der Waals surface area contributed by atoms with Crippen molar-refractivity contribution in [3.63, 3.8) is 0 Å². The summed E-state index contributed by atoms with van der Waals surface area (Å²) < 4.78 is 5.08. The van der Waals surface area contributed by atoms with Gasteiger partial charge in [0.15, 0.2) is 0 Å². The Morgan fingerprint density at radius 1 is 1.57 bits per heavy atom. The first-order valence-electron chi connectivity index (χ1n) is 4.23. The van der Waals surface area contributed by atoms with Gasteiger partial charge in [0.1, 0.15) is 5.75 Å². The van der Waals surface area contributed by atoms with Crippen LogP contribution in [-0.2, 0) is 0 Å². The SMILES string of the molecule is C#CC(C)Nc1ccc(Cl)c(OC)c1. The monoisotopic (exact) mass is 209 g/mol. The number of methoxy groups -OCH3 is 1. The normalized spacial score (nSPS) is 11.6. The summed E-state index contributed by atoms with van der Waals surface area (Å²) in [6, 6.07) is 5.43. The van der Waals surface area contributed by atoms with Crippen molar-refractivity contribution in [1.82, 2.24) is 0 Å². The van der Waals surface area contributed by atoms with E-state index in [0.717, 1.165) is 5.69 Å². The number of rotatable bonds is 3. The lowest BCUT2D eigenvalue weighted by atomic mass is 10.2. The number of terminal acetylenes is 1. The first-order chi connectivity index (χ1) is 6.67. The zero-order valence-corrected chi connectivity index (χ0v) is 8.93. The summed E-state index contributed by atoms with van der Waals surface area (Å²) in [6.07, 6.45) is 5.25. The second-order valence-corrected chi connectivity index (χ2v) is 3.29. The molecule has 1 aromatic carbocycles. The molecule has 1 rings (SSSR count). The van der Waals surface area contributed by atoms with Crippen LogP contribution in [0, 0.1) is 12.3 Å². The van der Waals surface area contributed by atoms with E-state index in [-0.39, 0.29) is 6.04 Å². The zero-order chi connectivity index (χ0) is 10.6. The summed E-state index contributed by atoms with van der Waals surface area (Å²) in [6.45, 7) is 1.90. The number of hydrogen-bond donors (Lipinski definition) is 1. The van der Waals surface area contributed by atoms with Crippen LogP contribution in [-0.4, -0.2) is 13.2 Å². The summed E-state index contributed by atoms with van der Waals surface area (Å²) in [4.78, 5) is 0. The number of nitrogens with one attached hydrogen (secondary N) is 1. The molecular weight excluding hydrogens is 198 g/mol. The molecule has 0 bridgehead atoms. The average molecular weight is 210 g/mol. The van der Waals surface area contributed by atoms with E-state index in [1.54, 1.807) is 13.2 Å². The lowest BCUT2D eigenvalue weighted by Crippen LogP contribution is -2.11. The van der Waals surface area contributed by atoms with Crippen LogP contribution in [0.3, 0.4) is 0 Å². The molecule has 0 fully saturated rings. The van der Waals surface area contributed by atoms with Gasteiger partial charge in [-0.1, -0.05) is 17.5 Å². The van der Waals surface area contributed by atoms with E-state index in [1.807, 2.05) is 19.1 Å². The maximum absolute atomic E-state index is 5.87. The Balaban J connectivity index is 2.85. The van der Waals surface area contributed by atoms with Crippen molar-refractivity contribution in [2.45, 2.75) is 13.0 Å². The van der Waals surface area contributed by atoms with Crippen molar-refractivity contribution in [3.05, 3.63) is 23.2 Å². The number of benzene rings is 1. The van der Waals surface area contributed by atoms with Gasteiger partial charge in [-0.2, -0.15) is 0 Å². The molecule has 0 aliphatic carbocycles. The molecule has 14 heavy (non-hydrogen) atoms. The van der Waals surface area contributed by atoms with Crippen molar-refractivity contribution < 1.29 is 4.74 Å². The maximum atomic E-state index is 5.87. The number of halogens is 1. The number of hydrogen-bond acceptors (Lipinski definition) is 2. The fourth-order valence-corrected chi connectivity index (χ4v) is 1.24. The van der Waals surface area contributed by atoms with Gasteiger partial charge >= 0.3 is 0 Å². The molecule has 3 heteroatoms. The van der Waals surface area contributed by atoms with Crippen LogP contribution in [0.1, 0.15) is 6.92 Å². The van der Waals surface area contributed by atoms with Crippen molar-refractivity contribution in [3.8, 4) is 18.1 Å². The highest BCUT2D eigenvalue weighted by molar-refractivity contribution is 6.32. The lowest BCUT2D eigenvalue weighted by Gasteiger charge is -2.11. The molecule has 0 saturated heterocycles. The smallest absolute Gasteiger partial charge is 0.139 e. The van der Waals surface area contributed by atoms with E-state index in [9.17, 15) is 0 Å². The highest BCUT2D eigenvalue weighted by Crippen LogP contribution is 2.27. The standard InChI is InChI=1S/C11H12ClNO/c1-4-8(2)13-9-5-6-10(12)11(7-9)14-3/h1,5-8,13H,2-3H3. The fourth-order valence-electron chi connectivity index (χ4n) is 1.04. The van der Waals surface area contributed by atoms with Gasteiger partial charge < -0.3 is 10.1 Å². The van der Waals surface area contributed by atoms with E-state index in [2.05, 4.69) is 11.2 Å². The topological polar surface area (TPSA) is 21.3 Å². The Morgan fingerprint density at radius 2 is 2.29 bits per heavy atom. The molecule has 0 aromatic heterocycles. The second-order valence-electron chi connectivity index (χ2n) is 2.88. The summed E-state index contributed by atoms with van der Waals surface area (Å²) >= 11 is 5.87. The molecule has 74 valence electrons. The Kier molecular flexibility index (Phi) is 3.67. The first-order valence-corrected chi connectivity index (χ1v) is 4.61. The van der Waals surface area contributed by atoms with Crippen molar-refractivity contribution >= 4 is 17.3 Å². The van der Waals surface area contributed by atoms with Crippen LogP contribution in [0.2, 0.25) is 5.02 Å². The molecule has 0 spiro atoms. The van der Waals surface area contributed by atoms with Gasteiger partial charge in [-0.3, -0.25) is 0 Å². The molecule has 0 amide bonds. The van der Waals surface area contributed by atoms with E-state index in [0.29, 0.717) is 10.8 Å². The minimum absolute atomic E-state index is 0.0131. The van der Waals surface area contributed by atoms with E-state index < -0.39 is 0 Å². The summed E-state index contributed by atoms with van der Waals surface area (Å²) in [5.74, 6) is 3.22. The van der Waals surface area contributed by atoms with Crippen LogP contribution in [0.5, 0.6) is 5.75 Å². The van der Waals surface area contributed by atoms with Gasteiger partial charge in [-0.05, 0) is 19.1 Å². The van der Waals surface area contributed by atoms with Gasteiger partial charge in [-0.15, -0.1) is 6.42 Å². The minimum atomic E-state index is -0.0131. The first kappa shape index (κ1) is 10.7. The minimum Gasteiger partial charge on any atom is -0.495 e. The van der Waals surface area contributed by atoms with Crippen molar-refractivity contribution in [1.29, 1.82) is 0 Å². The highest BCUT2D eigenvalue weighted by Gasteiger charge is 2.02. The van der Waals surface area contributed by atoms with Crippen LogP contribution in [0.25, 0.3) is 0 Å². The molecule has 1 aromatic rings. The average Bonchev–Trinajstić information content (AvgIpc) is 2.20. The van der Waals surface area contributed by atoms with Crippen LogP contribution < -0.4 is 10.1 Å². The zero-order valence-electron chi connectivity index (χ0n) is 8.17. The molecule has 2 nitrogen and oxygen atoms in total. The third kappa shape index (κ3) is 2.58. The van der Waals surface area contributed by atoms with Crippen molar-refractivity contribution in [2.24, 2.45) is 0 Å². The third-order valence-corrected chi connectivity index (χ3v) is 2.10. The molecule has 0 aliphatic heterocycles. The highest BCUT2D eigenvalue weighted by atomic mass is 35.5. The Bertz CT molecular complexity index is 357. The largest absolute Gasteiger partial charge is 0.495 e. The molecule has 0 saturated carbocycles. The quantitative estimate of drug-likeness (QED) is 0.773.